The molecule has 1 aromatic heterocycles. The summed E-state index contributed by atoms with van der Waals surface area (Å²) in [7, 11) is 3.30. The summed E-state index contributed by atoms with van der Waals surface area (Å²) < 4.78 is 52.0. The molecule has 8 heteroatoms. The Kier molecular flexibility index (Phi) is 8.71. The summed E-state index contributed by atoms with van der Waals surface area (Å²) in [6, 6.07) is 15.7. The summed E-state index contributed by atoms with van der Waals surface area (Å²) >= 11 is 0. The highest BCUT2D eigenvalue weighted by Crippen LogP contribution is 2.31. The van der Waals surface area contributed by atoms with E-state index in [-0.39, 0.29) is 5.92 Å². The summed E-state index contributed by atoms with van der Waals surface area (Å²) in [5, 5.41) is 0. The van der Waals surface area contributed by atoms with Gasteiger partial charge in [-0.2, -0.15) is 13.2 Å². The highest BCUT2D eigenvalue weighted by molar-refractivity contribution is 5.58. The summed E-state index contributed by atoms with van der Waals surface area (Å²) in [4.78, 5) is 6.11. The zero-order valence-electron chi connectivity index (χ0n) is 21.1. The number of aryl methyl sites for hydroxylation is 1. The van der Waals surface area contributed by atoms with E-state index in [1.165, 1.54) is 0 Å². The lowest BCUT2D eigenvalue weighted by Gasteiger charge is -2.29. The van der Waals surface area contributed by atoms with Gasteiger partial charge in [0.15, 0.2) is 5.69 Å². The van der Waals surface area contributed by atoms with E-state index >= 15 is 0 Å². The molecule has 0 amide bonds. The van der Waals surface area contributed by atoms with Gasteiger partial charge in [0, 0.05) is 49.9 Å². The highest BCUT2D eigenvalue weighted by atomic mass is 19.4. The molecule has 2 aromatic carbocycles. The summed E-state index contributed by atoms with van der Waals surface area (Å²) in [6.07, 6.45) is 6.36. The van der Waals surface area contributed by atoms with Gasteiger partial charge in [-0.05, 0) is 24.5 Å². The van der Waals surface area contributed by atoms with E-state index in [4.69, 9.17) is 9.47 Å². The molecule has 0 fully saturated rings. The number of halogens is 3. The SMILES string of the molecule is COc1ccccc1C=CCN(CC=Cc1ccccc1OC)CC1CCc2nc(C(F)(F)F)cn2C1. The molecule has 0 N–H and O–H groups in total. The minimum absolute atomic E-state index is 0.224. The average Bonchev–Trinajstić information content (AvgIpc) is 3.33. The fraction of sp³-hybridized carbons (Fsp3) is 0.345. The van der Waals surface area contributed by atoms with Crippen molar-refractivity contribution < 1.29 is 22.6 Å². The van der Waals surface area contributed by atoms with Crippen LogP contribution in [0.5, 0.6) is 11.5 Å². The van der Waals surface area contributed by atoms with Crippen LogP contribution in [0.2, 0.25) is 0 Å². The molecule has 0 saturated heterocycles. The maximum atomic E-state index is 13.1. The van der Waals surface area contributed by atoms with Crippen LogP contribution >= 0.6 is 0 Å². The molecule has 2 heterocycles. The minimum atomic E-state index is -4.42. The van der Waals surface area contributed by atoms with Gasteiger partial charge in [-0.25, -0.2) is 4.98 Å². The fourth-order valence-electron chi connectivity index (χ4n) is 4.65. The number of fused-ring (bicyclic) bond motifs is 1. The number of ether oxygens (including phenoxy) is 2. The number of methoxy groups -OCH3 is 2. The van der Waals surface area contributed by atoms with E-state index in [1.807, 2.05) is 60.7 Å². The van der Waals surface area contributed by atoms with E-state index in [1.54, 1.807) is 18.8 Å². The Morgan fingerprint density at radius 3 is 2.05 bits per heavy atom. The summed E-state index contributed by atoms with van der Waals surface area (Å²) in [5.41, 5.74) is 1.18. The smallest absolute Gasteiger partial charge is 0.434 e. The van der Waals surface area contributed by atoms with Crippen molar-refractivity contribution in [3.05, 3.63) is 89.5 Å². The normalized spacial score (nSPS) is 16.0. The number of hydrogen-bond donors (Lipinski definition) is 0. The van der Waals surface area contributed by atoms with Crippen LogP contribution in [0.15, 0.2) is 66.9 Å². The van der Waals surface area contributed by atoms with Crippen molar-refractivity contribution in [3.8, 4) is 11.5 Å². The molecule has 0 saturated carbocycles. The molecule has 196 valence electrons. The van der Waals surface area contributed by atoms with Gasteiger partial charge in [0.25, 0.3) is 0 Å². The Hall–Kier alpha value is -3.52. The first-order valence-corrected chi connectivity index (χ1v) is 12.3. The number of benzene rings is 2. The Labute approximate surface area is 215 Å². The number of hydrogen-bond acceptors (Lipinski definition) is 4. The van der Waals surface area contributed by atoms with Crippen LogP contribution in [-0.2, 0) is 19.1 Å². The predicted molar refractivity (Wildman–Crippen MR) is 140 cm³/mol. The Morgan fingerprint density at radius 2 is 1.51 bits per heavy atom. The predicted octanol–water partition coefficient (Wildman–Crippen LogP) is 6.21. The molecule has 5 nitrogen and oxygen atoms in total. The third-order valence-corrected chi connectivity index (χ3v) is 6.50. The molecular weight excluding hydrogens is 479 g/mol. The number of para-hydroxylation sites is 2. The topological polar surface area (TPSA) is 39.5 Å². The van der Waals surface area contributed by atoms with Crippen molar-refractivity contribution in [2.45, 2.75) is 25.6 Å². The first-order valence-electron chi connectivity index (χ1n) is 12.3. The number of alkyl halides is 3. The van der Waals surface area contributed by atoms with Gasteiger partial charge in [0.05, 0.1) is 14.2 Å². The molecule has 1 atom stereocenters. The van der Waals surface area contributed by atoms with Gasteiger partial charge >= 0.3 is 6.18 Å². The molecular formula is C29H32F3N3O2. The van der Waals surface area contributed by atoms with E-state index in [2.05, 4.69) is 22.0 Å². The number of aromatic nitrogens is 2. The maximum absolute atomic E-state index is 13.1. The quantitative estimate of drug-likeness (QED) is 0.325. The van der Waals surface area contributed by atoms with Gasteiger partial charge in [-0.1, -0.05) is 60.7 Å². The fourth-order valence-corrected chi connectivity index (χ4v) is 4.65. The first-order chi connectivity index (χ1) is 17.9. The van der Waals surface area contributed by atoms with E-state index in [9.17, 15) is 13.2 Å². The van der Waals surface area contributed by atoms with Gasteiger partial charge < -0.3 is 14.0 Å². The van der Waals surface area contributed by atoms with Crippen molar-refractivity contribution in [2.24, 2.45) is 5.92 Å². The van der Waals surface area contributed by atoms with E-state index in [0.717, 1.165) is 41.8 Å². The van der Waals surface area contributed by atoms with Crippen LogP contribution in [0.4, 0.5) is 13.2 Å². The number of imidazole rings is 1. The highest BCUT2D eigenvalue weighted by Gasteiger charge is 2.35. The molecule has 0 bridgehead atoms. The van der Waals surface area contributed by atoms with Crippen molar-refractivity contribution in [1.82, 2.24) is 14.5 Å². The lowest BCUT2D eigenvalue weighted by Crippen LogP contribution is -2.34. The van der Waals surface area contributed by atoms with Crippen molar-refractivity contribution in [3.63, 3.8) is 0 Å². The Balaban J connectivity index is 1.46. The third-order valence-electron chi connectivity index (χ3n) is 6.50. The molecule has 0 aliphatic carbocycles. The average molecular weight is 512 g/mol. The van der Waals surface area contributed by atoms with Crippen molar-refractivity contribution >= 4 is 12.2 Å². The Bertz CT molecular complexity index is 1170. The molecule has 1 unspecified atom stereocenters. The molecule has 3 aromatic rings. The molecule has 0 radical (unpaired) electrons. The van der Waals surface area contributed by atoms with Crippen LogP contribution in [0, 0.1) is 5.92 Å². The van der Waals surface area contributed by atoms with Gasteiger partial charge in [0.2, 0.25) is 0 Å². The summed E-state index contributed by atoms with van der Waals surface area (Å²) in [6.45, 7) is 2.66. The van der Waals surface area contributed by atoms with Crippen LogP contribution in [-0.4, -0.2) is 48.3 Å². The second-order valence-electron chi connectivity index (χ2n) is 9.10. The van der Waals surface area contributed by atoms with Gasteiger partial charge in [-0.15, -0.1) is 0 Å². The van der Waals surface area contributed by atoms with E-state index < -0.39 is 11.9 Å². The molecule has 37 heavy (non-hydrogen) atoms. The molecule has 4 rings (SSSR count). The summed E-state index contributed by atoms with van der Waals surface area (Å²) in [5.74, 6) is 2.35. The number of nitrogens with zero attached hydrogens (tertiary/aromatic N) is 3. The standard InChI is InChI=1S/C29H32F3N3O2/c1-36-25-13-5-3-9-23(25)11-7-17-34(18-8-12-24-10-4-6-14-26(24)37-2)19-22-15-16-28-33-27(29(30,31)32)21-35(28)20-22/h3-14,21-22H,15-20H2,1-2H3. The van der Waals surface area contributed by atoms with Crippen LogP contribution in [0.25, 0.3) is 12.2 Å². The molecule has 1 aliphatic heterocycles. The zero-order chi connectivity index (χ0) is 26.3. The lowest BCUT2D eigenvalue weighted by atomic mass is 9.98. The van der Waals surface area contributed by atoms with Crippen LogP contribution < -0.4 is 9.47 Å². The van der Waals surface area contributed by atoms with E-state index in [0.29, 0.717) is 31.9 Å². The monoisotopic (exact) mass is 511 g/mol. The van der Waals surface area contributed by atoms with Crippen LogP contribution in [0.1, 0.15) is 29.1 Å². The second-order valence-corrected chi connectivity index (χ2v) is 9.10. The van der Waals surface area contributed by atoms with Crippen molar-refractivity contribution in [2.75, 3.05) is 33.9 Å². The molecule has 0 spiro atoms. The first kappa shape index (κ1) is 26.5. The van der Waals surface area contributed by atoms with Crippen molar-refractivity contribution in [1.29, 1.82) is 0 Å². The third kappa shape index (κ3) is 7.04. The number of rotatable bonds is 10. The molecule has 1 aliphatic rings. The lowest BCUT2D eigenvalue weighted by molar-refractivity contribution is -0.141. The largest absolute Gasteiger partial charge is 0.496 e. The Morgan fingerprint density at radius 1 is 0.946 bits per heavy atom. The zero-order valence-corrected chi connectivity index (χ0v) is 21.1. The van der Waals surface area contributed by atoms with Gasteiger partial charge in [0.1, 0.15) is 17.3 Å². The van der Waals surface area contributed by atoms with Gasteiger partial charge in [-0.3, -0.25) is 4.90 Å². The minimum Gasteiger partial charge on any atom is -0.496 e. The van der Waals surface area contributed by atoms with Crippen LogP contribution in [0.3, 0.4) is 0 Å². The second kappa shape index (κ2) is 12.1. The maximum Gasteiger partial charge on any atom is 0.434 e.